The smallest absolute Gasteiger partial charge is 0.307 e. The summed E-state index contributed by atoms with van der Waals surface area (Å²) in [4.78, 5) is 14.6. The van der Waals surface area contributed by atoms with E-state index in [1.54, 1.807) is 6.92 Å². The van der Waals surface area contributed by atoms with Gasteiger partial charge in [0.1, 0.15) is 0 Å². The Balaban J connectivity index is 2.07. The van der Waals surface area contributed by atoms with Crippen LogP contribution in [0.3, 0.4) is 0 Å². The van der Waals surface area contributed by atoms with Crippen molar-refractivity contribution in [3.8, 4) is 0 Å². The first-order valence-corrected chi connectivity index (χ1v) is 6.50. The van der Waals surface area contributed by atoms with E-state index >= 15 is 0 Å². The van der Waals surface area contributed by atoms with Crippen LogP contribution in [-0.4, -0.2) is 29.1 Å². The van der Waals surface area contributed by atoms with Crippen molar-refractivity contribution in [1.82, 2.24) is 4.90 Å². The maximum Gasteiger partial charge on any atom is 0.307 e. The van der Waals surface area contributed by atoms with Gasteiger partial charge in [-0.3, -0.25) is 9.69 Å². The van der Waals surface area contributed by atoms with Crippen molar-refractivity contribution in [1.29, 1.82) is 0 Å². The summed E-state index contributed by atoms with van der Waals surface area (Å²) in [5.74, 6) is -0.994. The first-order valence-electron chi connectivity index (χ1n) is 5.62. The lowest BCUT2D eigenvalue weighted by atomic mass is 10.00. The summed E-state index contributed by atoms with van der Waals surface area (Å²) in [7, 11) is 0. The van der Waals surface area contributed by atoms with Crippen LogP contribution in [0.4, 0.5) is 0 Å². The van der Waals surface area contributed by atoms with Crippen molar-refractivity contribution in [3.05, 3.63) is 21.9 Å². The minimum atomic E-state index is -0.705. The second-order valence-electron chi connectivity index (χ2n) is 4.46. The highest BCUT2D eigenvalue weighted by Crippen LogP contribution is 2.32. The number of fused-ring (bicyclic) bond motifs is 1. The molecule has 0 aliphatic carbocycles. The fraction of sp³-hybridized carbons (Fsp3) is 0.583. The van der Waals surface area contributed by atoms with E-state index in [0.29, 0.717) is 12.6 Å². The van der Waals surface area contributed by atoms with Gasteiger partial charge in [0.2, 0.25) is 0 Å². The molecule has 1 aromatic rings. The molecule has 1 aromatic heterocycles. The summed E-state index contributed by atoms with van der Waals surface area (Å²) >= 11 is 1.81. The standard InChI is InChI=1S/C12H17NO2S/c1-8(12(14)15)7-13-5-3-11-10(9(13)2)4-6-16-11/h4,6,8-9H,3,5,7H2,1-2H3,(H,14,15). The number of carboxylic acid groups (broad SMARTS) is 1. The molecule has 1 aliphatic heterocycles. The predicted octanol–water partition coefficient (Wildman–Crippen LogP) is 2.39. The molecule has 4 heteroatoms. The molecule has 16 heavy (non-hydrogen) atoms. The van der Waals surface area contributed by atoms with E-state index in [2.05, 4.69) is 23.3 Å². The highest BCUT2D eigenvalue weighted by molar-refractivity contribution is 7.10. The number of aliphatic carboxylic acids is 1. The van der Waals surface area contributed by atoms with Gasteiger partial charge in [-0.05, 0) is 30.4 Å². The molecule has 0 saturated heterocycles. The van der Waals surface area contributed by atoms with E-state index in [0.717, 1.165) is 13.0 Å². The molecule has 1 N–H and O–H groups in total. The third kappa shape index (κ3) is 2.13. The Morgan fingerprint density at radius 3 is 3.19 bits per heavy atom. The Morgan fingerprint density at radius 1 is 1.75 bits per heavy atom. The molecule has 2 unspecified atom stereocenters. The second kappa shape index (κ2) is 4.55. The van der Waals surface area contributed by atoms with Crippen LogP contribution >= 0.6 is 11.3 Å². The van der Waals surface area contributed by atoms with Crippen molar-refractivity contribution in [2.24, 2.45) is 5.92 Å². The minimum absolute atomic E-state index is 0.289. The molecule has 2 rings (SSSR count). The molecule has 0 fully saturated rings. The summed E-state index contributed by atoms with van der Waals surface area (Å²) in [6.45, 7) is 5.57. The molecule has 88 valence electrons. The zero-order chi connectivity index (χ0) is 11.7. The lowest BCUT2D eigenvalue weighted by Gasteiger charge is -2.34. The van der Waals surface area contributed by atoms with Crippen LogP contribution in [-0.2, 0) is 11.2 Å². The molecule has 2 atom stereocenters. The highest BCUT2D eigenvalue weighted by Gasteiger charge is 2.27. The van der Waals surface area contributed by atoms with Gasteiger partial charge in [-0.1, -0.05) is 6.92 Å². The van der Waals surface area contributed by atoms with Gasteiger partial charge in [0.25, 0.3) is 0 Å². The monoisotopic (exact) mass is 239 g/mol. The highest BCUT2D eigenvalue weighted by atomic mass is 32.1. The summed E-state index contributed by atoms with van der Waals surface area (Å²) in [5, 5.41) is 11.1. The molecule has 0 bridgehead atoms. The van der Waals surface area contributed by atoms with Gasteiger partial charge in [0.15, 0.2) is 0 Å². The first kappa shape index (κ1) is 11.6. The molecular formula is C12H17NO2S. The average Bonchev–Trinajstić information content (AvgIpc) is 2.70. The third-order valence-corrected chi connectivity index (χ3v) is 4.33. The van der Waals surface area contributed by atoms with Gasteiger partial charge in [0, 0.05) is 24.0 Å². The Bertz CT molecular complexity index is 388. The molecule has 0 amide bonds. The van der Waals surface area contributed by atoms with Crippen LogP contribution < -0.4 is 0 Å². The van der Waals surface area contributed by atoms with Crippen LogP contribution in [0.25, 0.3) is 0 Å². The quantitative estimate of drug-likeness (QED) is 0.880. The number of hydrogen-bond acceptors (Lipinski definition) is 3. The summed E-state index contributed by atoms with van der Waals surface area (Å²) < 4.78 is 0. The topological polar surface area (TPSA) is 40.5 Å². The summed E-state index contributed by atoms with van der Waals surface area (Å²) in [6.07, 6.45) is 1.06. The van der Waals surface area contributed by atoms with Crippen LogP contribution in [0, 0.1) is 5.92 Å². The lowest BCUT2D eigenvalue weighted by Crippen LogP contribution is -2.38. The van der Waals surface area contributed by atoms with Gasteiger partial charge in [-0.15, -0.1) is 11.3 Å². The van der Waals surface area contributed by atoms with E-state index in [4.69, 9.17) is 5.11 Å². The molecule has 3 nitrogen and oxygen atoms in total. The number of carboxylic acids is 1. The van der Waals surface area contributed by atoms with Crippen molar-refractivity contribution in [2.45, 2.75) is 26.3 Å². The van der Waals surface area contributed by atoms with E-state index in [1.165, 1.54) is 10.4 Å². The van der Waals surface area contributed by atoms with Gasteiger partial charge < -0.3 is 5.11 Å². The zero-order valence-electron chi connectivity index (χ0n) is 9.64. The second-order valence-corrected chi connectivity index (χ2v) is 5.46. The fourth-order valence-electron chi connectivity index (χ4n) is 2.24. The van der Waals surface area contributed by atoms with Crippen molar-refractivity contribution >= 4 is 17.3 Å². The molecule has 1 aliphatic rings. The molecule has 0 saturated carbocycles. The number of rotatable bonds is 3. The van der Waals surface area contributed by atoms with Gasteiger partial charge in [0.05, 0.1) is 5.92 Å². The van der Waals surface area contributed by atoms with Gasteiger partial charge in [-0.25, -0.2) is 0 Å². The maximum atomic E-state index is 10.9. The Hall–Kier alpha value is -0.870. The molecule has 0 radical (unpaired) electrons. The van der Waals surface area contributed by atoms with Crippen LogP contribution in [0.5, 0.6) is 0 Å². The van der Waals surface area contributed by atoms with E-state index < -0.39 is 5.97 Å². The maximum absolute atomic E-state index is 10.9. The van der Waals surface area contributed by atoms with E-state index in [1.807, 2.05) is 11.3 Å². The van der Waals surface area contributed by atoms with Crippen LogP contribution in [0.2, 0.25) is 0 Å². The van der Waals surface area contributed by atoms with Gasteiger partial charge in [-0.2, -0.15) is 0 Å². The Morgan fingerprint density at radius 2 is 2.50 bits per heavy atom. The first-order chi connectivity index (χ1) is 7.59. The third-order valence-electron chi connectivity index (χ3n) is 3.33. The minimum Gasteiger partial charge on any atom is -0.481 e. The largest absolute Gasteiger partial charge is 0.481 e. The van der Waals surface area contributed by atoms with Crippen LogP contribution in [0.1, 0.15) is 30.3 Å². The molecule has 0 spiro atoms. The lowest BCUT2D eigenvalue weighted by molar-refractivity contribution is -0.141. The summed E-state index contributed by atoms with van der Waals surface area (Å²) in [6, 6.07) is 2.53. The fourth-order valence-corrected chi connectivity index (χ4v) is 3.20. The SMILES string of the molecule is CC(CN1CCc2sccc2C1C)C(=O)O. The zero-order valence-corrected chi connectivity index (χ0v) is 10.5. The normalized spacial score (nSPS) is 22.8. The van der Waals surface area contributed by atoms with Crippen LogP contribution in [0.15, 0.2) is 11.4 Å². The number of hydrogen-bond donors (Lipinski definition) is 1. The van der Waals surface area contributed by atoms with Gasteiger partial charge >= 0.3 is 5.97 Å². The van der Waals surface area contributed by atoms with E-state index in [9.17, 15) is 4.79 Å². The van der Waals surface area contributed by atoms with Crippen molar-refractivity contribution in [2.75, 3.05) is 13.1 Å². The molecular weight excluding hydrogens is 222 g/mol. The van der Waals surface area contributed by atoms with E-state index in [-0.39, 0.29) is 5.92 Å². The molecule has 2 heterocycles. The van der Waals surface area contributed by atoms with Crippen molar-refractivity contribution in [3.63, 3.8) is 0 Å². The number of carbonyl (C=O) groups is 1. The predicted molar refractivity (Wildman–Crippen MR) is 64.8 cm³/mol. The Kier molecular flexibility index (Phi) is 3.30. The average molecular weight is 239 g/mol. The number of thiophene rings is 1. The summed E-state index contributed by atoms with van der Waals surface area (Å²) in [5.41, 5.74) is 1.38. The Labute approximate surface area is 99.7 Å². The molecule has 0 aromatic carbocycles. The number of nitrogens with zero attached hydrogens (tertiary/aromatic N) is 1. The van der Waals surface area contributed by atoms with Crippen molar-refractivity contribution < 1.29 is 9.90 Å².